The first-order valence-corrected chi connectivity index (χ1v) is 8.24. The summed E-state index contributed by atoms with van der Waals surface area (Å²) in [5.41, 5.74) is 1.18. The van der Waals surface area contributed by atoms with Gasteiger partial charge in [-0.2, -0.15) is 0 Å². The third kappa shape index (κ3) is 7.13. The summed E-state index contributed by atoms with van der Waals surface area (Å²) in [6.45, 7) is 4.68. The number of rotatable bonds is 7. The second-order valence-electron chi connectivity index (χ2n) is 4.70. The van der Waals surface area contributed by atoms with Gasteiger partial charge in [-0.05, 0) is 26.0 Å². The molecule has 0 spiro atoms. The summed E-state index contributed by atoms with van der Waals surface area (Å²) in [6, 6.07) is 7.38. The van der Waals surface area contributed by atoms with Gasteiger partial charge in [0.1, 0.15) is 12.4 Å². The topological polar surface area (TPSA) is 67.4 Å². The molecule has 0 aromatic heterocycles. The highest BCUT2D eigenvalue weighted by Crippen LogP contribution is 2.11. The highest BCUT2D eigenvalue weighted by atomic mass is 32.2. The molecule has 1 rings (SSSR count). The average molecular weight is 298 g/mol. The molecule has 1 aromatic rings. The first-order valence-electron chi connectivity index (χ1n) is 6.51. The molecule has 5 nitrogen and oxygen atoms in total. The van der Waals surface area contributed by atoms with Crippen LogP contribution < -0.4 is 15.4 Å². The fraction of sp³-hybridized carbons (Fsp3) is 0.500. The predicted molar refractivity (Wildman–Crippen MR) is 81.6 cm³/mol. The van der Waals surface area contributed by atoms with Crippen LogP contribution in [0.3, 0.4) is 0 Å². The van der Waals surface area contributed by atoms with E-state index < -0.39 is 10.8 Å². The summed E-state index contributed by atoms with van der Waals surface area (Å²) in [6.07, 6.45) is 1.61. The van der Waals surface area contributed by atoms with Crippen LogP contribution in [0.4, 0.5) is 4.79 Å². The smallest absolute Gasteiger partial charge is 0.315 e. The van der Waals surface area contributed by atoms with Crippen LogP contribution in [0.1, 0.15) is 12.5 Å². The minimum Gasteiger partial charge on any atom is -0.491 e. The monoisotopic (exact) mass is 298 g/mol. The number of carbonyl (C=O) groups is 1. The number of carbonyl (C=O) groups excluding carboxylic acids is 1. The maximum Gasteiger partial charge on any atom is 0.315 e. The highest BCUT2D eigenvalue weighted by molar-refractivity contribution is 7.84. The molecule has 20 heavy (non-hydrogen) atoms. The second kappa shape index (κ2) is 8.58. The number of hydrogen-bond donors (Lipinski definition) is 2. The number of hydrogen-bond acceptors (Lipinski definition) is 3. The highest BCUT2D eigenvalue weighted by Gasteiger charge is 2.07. The molecule has 2 N–H and O–H groups in total. The maximum absolute atomic E-state index is 11.5. The van der Waals surface area contributed by atoms with Gasteiger partial charge in [0.05, 0.1) is 6.04 Å². The van der Waals surface area contributed by atoms with Crippen molar-refractivity contribution in [1.29, 1.82) is 0 Å². The van der Waals surface area contributed by atoms with Gasteiger partial charge in [-0.15, -0.1) is 0 Å². The van der Waals surface area contributed by atoms with Crippen LogP contribution in [0.5, 0.6) is 5.75 Å². The van der Waals surface area contributed by atoms with E-state index in [0.717, 1.165) is 5.75 Å². The van der Waals surface area contributed by atoms with Crippen molar-refractivity contribution in [1.82, 2.24) is 10.6 Å². The Balaban J connectivity index is 2.22. The largest absolute Gasteiger partial charge is 0.491 e. The lowest BCUT2D eigenvalue weighted by molar-refractivity contribution is 0.227. The fourth-order valence-corrected chi connectivity index (χ4v) is 1.87. The normalized spacial score (nSPS) is 13.3. The molecule has 112 valence electrons. The van der Waals surface area contributed by atoms with Crippen molar-refractivity contribution >= 4 is 16.8 Å². The molecule has 2 atom stereocenters. The Morgan fingerprint density at radius 3 is 2.60 bits per heavy atom. The van der Waals surface area contributed by atoms with Gasteiger partial charge >= 0.3 is 6.03 Å². The second-order valence-corrected chi connectivity index (χ2v) is 6.26. The lowest BCUT2D eigenvalue weighted by Crippen LogP contribution is -2.44. The van der Waals surface area contributed by atoms with E-state index in [1.165, 1.54) is 5.56 Å². The van der Waals surface area contributed by atoms with E-state index in [9.17, 15) is 9.00 Å². The van der Waals surface area contributed by atoms with Crippen LogP contribution in [-0.4, -0.2) is 41.4 Å². The Labute approximate surface area is 122 Å². The summed E-state index contributed by atoms with van der Waals surface area (Å²) >= 11 is 0. The molecule has 0 aliphatic carbocycles. The average Bonchev–Trinajstić information content (AvgIpc) is 2.37. The summed E-state index contributed by atoms with van der Waals surface area (Å²) in [7, 11) is -0.892. The summed E-state index contributed by atoms with van der Waals surface area (Å²) in [5.74, 6) is 1.24. The Kier molecular flexibility index (Phi) is 7.08. The lowest BCUT2D eigenvalue weighted by Gasteiger charge is -2.15. The third-order valence-electron chi connectivity index (χ3n) is 2.57. The number of benzene rings is 1. The van der Waals surface area contributed by atoms with Crippen molar-refractivity contribution < 1.29 is 13.7 Å². The van der Waals surface area contributed by atoms with E-state index >= 15 is 0 Å². The summed E-state index contributed by atoms with van der Waals surface area (Å²) < 4.78 is 16.4. The van der Waals surface area contributed by atoms with Gasteiger partial charge in [0.2, 0.25) is 0 Å². The van der Waals surface area contributed by atoms with Crippen molar-refractivity contribution in [2.24, 2.45) is 0 Å². The van der Waals surface area contributed by atoms with Gasteiger partial charge in [-0.1, -0.05) is 17.7 Å². The van der Waals surface area contributed by atoms with Crippen LogP contribution >= 0.6 is 0 Å². The molecule has 0 heterocycles. The van der Waals surface area contributed by atoms with E-state index in [1.54, 1.807) is 6.26 Å². The molecule has 2 amide bonds. The molecule has 2 unspecified atom stereocenters. The molecular formula is C14H22N2O3S. The van der Waals surface area contributed by atoms with Crippen LogP contribution in [0.2, 0.25) is 0 Å². The number of ether oxygens (including phenoxy) is 1. The molecular weight excluding hydrogens is 276 g/mol. The Morgan fingerprint density at radius 1 is 1.35 bits per heavy atom. The van der Waals surface area contributed by atoms with Crippen LogP contribution in [0.15, 0.2) is 24.3 Å². The number of nitrogens with one attached hydrogen (secondary N) is 2. The Morgan fingerprint density at radius 2 is 2.00 bits per heavy atom. The summed E-state index contributed by atoms with van der Waals surface area (Å²) in [5, 5.41) is 5.41. The van der Waals surface area contributed by atoms with E-state index in [2.05, 4.69) is 10.6 Å². The number of aryl methyl sites for hydroxylation is 1. The molecule has 0 radical (unpaired) electrons. The molecule has 1 aromatic carbocycles. The standard InChI is InChI=1S/C14H22N2O3S/c1-11-4-6-13(7-5-11)19-10-12(2)16-14(17)15-8-9-20(3)18/h4-7,12H,8-10H2,1-3H3,(H2,15,16,17). The van der Waals surface area contributed by atoms with E-state index in [-0.39, 0.29) is 12.1 Å². The summed E-state index contributed by atoms with van der Waals surface area (Å²) in [4.78, 5) is 11.5. The molecule has 0 bridgehead atoms. The third-order valence-corrected chi connectivity index (χ3v) is 3.35. The fourth-order valence-electron chi connectivity index (χ4n) is 1.48. The van der Waals surface area contributed by atoms with Crippen LogP contribution in [0.25, 0.3) is 0 Å². The zero-order valence-electron chi connectivity index (χ0n) is 12.1. The Bertz CT molecular complexity index is 448. The van der Waals surface area contributed by atoms with E-state index in [4.69, 9.17) is 4.74 Å². The first-order chi connectivity index (χ1) is 9.47. The van der Waals surface area contributed by atoms with Crippen molar-refractivity contribution in [3.05, 3.63) is 29.8 Å². The minimum absolute atomic E-state index is 0.108. The van der Waals surface area contributed by atoms with Crippen molar-refractivity contribution in [3.8, 4) is 5.75 Å². The van der Waals surface area contributed by atoms with Crippen LogP contribution in [-0.2, 0) is 10.8 Å². The lowest BCUT2D eigenvalue weighted by atomic mass is 10.2. The quantitative estimate of drug-likeness (QED) is 0.800. The molecule has 0 aliphatic heterocycles. The van der Waals surface area contributed by atoms with Gasteiger partial charge in [-0.25, -0.2) is 4.79 Å². The van der Waals surface area contributed by atoms with Gasteiger partial charge in [0.15, 0.2) is 0 Å². The number of urea groups is 1. The van der Waals surface area contributed by atoms with Crippen LogP contribution in [0, 0.1) is 6.92 Å². The Hall–Kier alpha value is -1.56. The molecule has 6 heteroatoms. The predicted octanol–water partition coefficient (Wildman–Crippen LogP) is 1.44. The molecule has 0 fully saturated rings. The zero-order chi connectivity index (χ0) is 15.0. The van der Waals surface area contributed by atoms with Gasteiger partial charge in [-0.3, -0.25) is 4.21 Å². The zero-order valence-corrected chi connectivity index (χ0v) is 13.0. The number of amides is 2. The molecule has 0 saturated carbocycles. The SMILES string of the molecule is Cc1ccc(OCC(C)NC(=O)NCCS(C)=O)cc1. The van der Waals surface area contributed by atoms with Crippen molar-refractivity contribution in [2.75, 3.05) is 25.2 Å². The van der Waals surface area contributed by atoms with Crippen molar-refractivity contribution in [2.45, 2.75) is 19.9 Å². The van der Waals surface area contributed by atoms with Crippen molar-refractivity contribution in [3.63, 3.8) is 0 Å². The van der Waals surface area contributed by atoms with Gasteiger partial charge < -0.3 is 15.4 Å². The van der Waals surface area contributed by atoms with E-state index in [1.807, 2.05) is 38.1 Å². The molecule has 0 saturated heterocycles. The maximum atomic E-state index is 11.5. The van der Waals surface area contributed by atoms with E-state index in [0.29, 0.717) is 18.9 Å². The minimum atomic E-state index is -0.892. The van der Waals surface area contributed by atoms with Gasteiger partial charge in [0.25, 0.3) is 0 Å². The van der Waals surface area contributed by atoms with Gasteiger partial charge in [0, 0.05) is 29.4 Å². The first kappa shape index (κ1) is 16.5. The molecule has 0 aliphatic rings.